The Morgan fingerprint density at radius 1 is 1.08 bits per heavy atom. The standard InChI is InChI=1S/C18H17Cl2NO3/c1-3-12(2)18(23)24-21(14-9-10-15(19)16(20)11-14)17(22)13-7-5-4-6-8-13/h4-12H,3H2,1-2H3. The van der Waals surface area contributed by atoms with Crippen molar-refractivity contribution in [3.05, 3.63) is 64.1 Å². The van der Waals surface area contributed by atoms with Crippen molar-refractivity contribution in [3.63, 3.8) is 0 Å². The van der Waals surface area contributed by atoms with Gasteiger partial charge < -0.3 is 4.84 Å². The van der Waals surface area contributed by atoms with E-state index in [0.29, 0.717) is 22.7 Å². The van der Waals surface area contributed by atoms with Gasteiger partial charge in [0.05, 0.1) is 21.7 Å². The van der Waals surface area contributed by atoms with Crippen molar-refractivity contribution in [2.24, 2.45) is 5.92 Å². The molecule has 2 aromatic carbocycles. The largest absolute Gasteiger partial charge is 0.335 e. The van der Waals surface area contributed by atoms with Gasteiger partial charge in [-0.3, -0.25) is 4.79 Å². The molecule has 126 valence electrons. The third kappa shape index (κ3) is 4.28. The lowest BCUT2D eigenvalue weighted by Crippen LogP contribution is -2.35. The van der Waals surface area contributed by atoms with E-state index in [1.54, 1.807) is 49.4 Å². The second kappa shape index (κ2) is 8.18. The molecule has 0 saturated heterocycles. The van der Waals surface area contributed by atoms with E-state index < -0.39 is 11.9 Å². The Morgan fingerprint density at radius 2 is 1.75 bits per heavy atom. The number of hydrogen-bond donors (Lipinski definition) is 0. The molecule has 0 bridgehead atoms. The number of carbonyl (C=O) groups excluding carboxylic acids is 2. The summed E-state index contributed by atoms with van der Waals surface area (Å²) in [5, 5.41) is 1.56. The molecule has 0 saturated carbocycles. The Kier molecular flexibility index (Phi) is 6.23. The second-order valence-corrected chi connectivity index (χ2v) is 6.10. The first kappa shape index (κ1) is 18.3. The predicted octanol–water partition coefficient (Wildman–Crippen LogP) is 5.14. The number of nitrogens with zero attached hydrogens (tertiary/aromatic N) is 1. The van der Waals surface area contributed by atoms with Crippen molar-refractivity contribution in [1.29, 1.82) is 0 Å². The lowest BCUT2D eigenvalue weighted by molar-refractivity contribution is -0.148. The number of amides is 1. The third-order valence-corrected chi connectivity index (χ3v) is 4.28. The SMILES string of the molecule is CCC(C)C(=O)ON(C(=O)c1ccccc1)c1ccc(Cl)c(Cl)c1. The van der Waals surface area contributed by atoms with Gasteiger partial charge in [-0.1, -0.05) is 55.2 Å². The first-order valence-corrected chi connectivity index (χ1v) is 8.26. The fourth-order valence-corrected chi connectivity index (χ4v) is 2.16. The Bertz CT molecular complexity index is 734. The van der Waals surface area contributed by atoms with E-state index in [9.17, 15) is 9.59 Å². The summed E-state index contributed by atoms with van der Waals surface area (Å²) in [6, 6.07) is 13.1. The maximum atomic E-state index is 12.8. The molecular weight excluding hydrogens is 349 g/mol. The van der Waals surface area contributed by atoms with Crippen LogP contribution in [0.5, 0.6) is 0 Å². The molecule has 1 unspecified atom stereocenters. The van der Waals surface area contributed by atoms with Crippen LogP contribution < -0.4 is 5.06 Å². The van der Waals surface area contributed by atoms with E-state index in [-0.39, 0.29) is 10.9 Å². The highest BCUT2D eigenvalue weighted by Gasteiger charge is 2.25. The molecule has 4 nitrogen and oxygen atoms in total. The van der Waals surface area contributed by atoms with Gasteiger partial charge in [0.2, 0.25) is 0 Å². The lowest BCUT2D eigenvalue weighted by Gasteiger charge is -2.23. The Balaban J connectivity index is 2.39. The molecule has 1 atom stereocenters. The highest BCUT2D eigenvalue weighted by atomic mass is 35.5. The molecule has 0 spiro atoms. The van der Waals surface area contributed by atoms with Gasteiger partial charge in [-0.05, 0) is 36.8 Å². The Labute approximate surface area is 150 Å². The molecule has 6 heteroatoms. The predicted molar refractivity (Wildman–Crippen MR) is 95.3 cm³/mol. The average Bonchev–Trinajstić information content (AvgIpc) is 2.61. The minimum absolute atomic E-state index is 0.264. The van der Waals surface area contributed by atoms with E-state index in [2.05, 4.69) is 0 Å². The van der Waals surface area contributed by atoms with Crippen molar-refractivity contribution in [3.8, 4) is 0 Å². The maximum Gasteiger partial charge on any atom is 0.335 e. The number of hydroxylamine groups is 1. The van der Waals surface area contributed by atoms with Crippen LogP contribution >= 0.6 is 23.2 Å². The van der Waals surface area contributed by atoms with Crippen LogP contribution in [-0.4, -0.2) is 11.9 Å². The summed E-state index contributed by atoms with van der Waals surface area (Å²) in [7, 11) is 0. The molecule has 0 N–H and O–H groups in total. The van der Waals surface area contributed by atoms with Crippen LogP contribution in [-0.2, 0) is 9.63 Å². The highest BCUT2D eigenvalue weighted by Crippen LogP contribution is 2.28. The fourth-order valence-electron chi connectivity index (χ4n) is 1.87. The van der Waals surface area contributed by atoms with Crippen molar-refractivity contribution in [2.75, 3.05) is 5.06 Å². The van der Waals surface area contributed by atoms with Crippen molar-refractivity contribution >= 4 is 40.8 Å². The van der Waals surface area contributed by atoms with E-state index in [1.165, 1.54) is 6.07 Å². The summed E-state index contributed by atoms with van der Waals surface area (Å²) in [5.41, 5.74) is 0.718. The van der Waals surface area contributed by atoms with Gasteiger partial charge in [0.25, 0.3) is 5.91 Å². The summed E-state index contributed by atoms with van der Waals surface area (Å²) in [5.74, 6) is -1.29. The maximum absolute atomic E-state index is 12.8. The fraction of sp³-hybridized carbons (Fsp3) is 0.222. The Morgan fingerprint density at radius 3 is 2.33 bits per heavy atom. The van der Waals surface area contributed by atoms with Crippen molar-refractivity contribution < 1.29 is 14.4 Å². The molecule has 0 aliphatic rings. The first-order valence-electron chi connectivity index (χ1n) is 7.50. The normalized spacial score (nSPS) is 11.7. The van der Waals surface area contributed by atoms with Crippen LogP contribution in [0.2, 0.25) is 10.0 Å². The first-order chi connectivity index (χ1) is 11.4. The zero-order valence-corrected chi connectivity index (χ0v) is 14.8. The average molecular weight is 366 g/mol. The molecule has 0 aliphatic heterocycles. The van der Waals surface area contributed by atoms with Crippen LogP contribution in [0.1, 0.15) is 30.6 Å². The molecule has 2 aromatic rings. The number of benzene rings is 2. The van der Waals surface area contributed by atoms with Crippen LogP contribution in [0.25, 0.3) is 0 Å². The zero-order chi connectivity index (χ0) is 17.7. The Hall–Kier alpha value is -2.04. The summed E-state index contributed by atoms with van der Waals surface area (Å²) in [6.45, 7) is 3.61. The summed E-state index contributed by atoms with van der Waals surface area (Å²) in [6.07, 6.45) is 0.605. The lowest BCUT2D eigenvalue weighted by atomic mass is 10.1. The van der Waals surface area contributed by atoms with Crippen LogP contribution in [0, 0.1) is 5.92 Å². The molecule has 24 heavy (non-hydrogen) atoms. The van der Waals surface area contributed by atoms with Crippen molar-refractivity contribution in [1.82, 2.24) is 0 Å². The van der Waals surface area contributed by atoms with Gasteiger partial charge in [0.1, 0.15) is 0 Å². The molecule has 0 fully saturated rings. The number of hydrogen-bond acceptors (Lipinski definition) is 3. The number of rotatable bonds is 4. The second-order valence-electron chi connectivity index (χ2n) is 5.28. The van der Waals surface area contributed by atoms with E-state index >= 15 is 0 Å². The van der Waals surface area contributed by atoms with E-state index in [0.717, 1.165) is 5.06 Å². The molecule has 0 heterocycles. The van der Waals surface area contributed by atoms with Crippen molar-refractivity contribution in [2.45, 2.75) is 20.3 Å². The summed E-state index contributed by atoms with van der Waals surface area (Å²) >= 11 is 11.9. The third-order valence-electron chi connectivity index (χ3n) is 3.54. The molecule has 0 aromatic heterocycles. The van der Waals surface area contributed by atoms with E-state index in [1.807, 2.05) is 6.92 Å². The van der Waals surface area contributed by atoms with Gasteiger partial charge in [0.15, 0.2) is 0 Å². The number of anilines is 1. The minimum Gasteiger partial charge on any atom is -0.333 e. The van der Waals surface area contributed by atoms with Gasteiger partial charge in [0, 0.05) is 5.56 Å². The number of halogens is 2. The van der Waals surface area contributed by atoms with Crippen LogP contribution in [0.15, 0.2) is 48.5 Å². The number of carbonyl (C=O) groups is 2. The topological polar surface area (TPSA) is 46.6 Å². The van der Waals surface area contributed by atoms with E-state index in [4.69, 9.17) is 28.0 Å². The zero-order valence-electron chi connectivity index (χ0n) is 13.3. The quantitative estimate of drug-likeness (QED) is 0.704. The summed E-state index contributed by atoms with van der Waals surface area (Å²) < 4.78 is 0. The molecule has 0 radical (unpaired) electrons. The van der Waals surface area contributed by atoms with Gasteiger partial charge in [-0.2, -0.15) is 0 Å². The highest BCUT2D eigenvalue weighted by molar-refractivity contribution is 6.42. The molecular formula is C18H17Cl2NO3. The van der Waals surface area contributed by atoms with Gasteiger partial charge in [-0.25, -0.2) is 4.79 Å². The minimum atomic E-state index is -0.493. The van der Waals surface area contributed by atoms with Gasteiger partial charge >= 0.3 is 5.97 Å². The molecule has 2 rings (SSSR count). The van der Waals surface area contributed by atoms with Crippen LogP contribution in [0.3, 0.4) is 0 Å². The molecule has 1 amide bonds. The van der Waals surface area contributed by atoms with Crippen LogP contribution in [0.4, 0.5) is 5.69 Å². The molecule has 0 aliphatic carbocycles. The monoisotopic (exact) mass is 365 g/mol. The summed E-state index contributed by atoms with van der Waals surface area (Å²) in [4.78, 5) is 30.3. The smallest absolute Gasteiger partial charge is 0.333 e. The van der Waals surface area contributed by atoms with Gasteiger partial charge in [-0.15, -0.1) is 5.06 Å².